The highest BCUT2D eigenvalue weighted by Gasteiger charge is 2.09. The van der Waals surface area contributed by atoms with E-state index in [2.05, 4.69) is 4.98 Å². The molecule has 5 heteroatoms. The number of carboxylic acid groups (broad SMARTS) is 1. The predicted molar refractivity (Wildman–Crippen MR) is 67.9 cm³/mol. The summed E-state index contributed by atoms with van der Waals surface area (Å²) in [5.74, 6) is -0.911. The molecule has 1 N–H and O–H groups in total. The van der Waals surface area contributed by atoms with Gasteiger partial charge < -0.3 is 5.11 Å². The fourth-order valence-corrected chi connectivity index (χ4v) is 2.67. The second-order valence-corrected chi connectivity index (χ2v) is 5.34. The van der Waals surface area contributed by atoms with Gasteiger partial charge >= 0.3 is 5.97 Å². The first kappa shape index (κ1) is 12.1. The fraction of sp³-hybridized carbons (Fsp3) is 0.167. The summed E-state index contributed by atoms with van der Waals surface area (Å²) in [6, 6.07) is 5.34. The molecule has 0 amide bonds. The Bertz CT molecular complexity index is 539. The van der Waals surface area contributed by atoms with E-state index < -0.39 is 5.97 Å². The molecule has 0 spiro atoms. The molecule has 0 unspecified atom stereocenters. The Labute approximate surface area is 108 Å². The van der Waals surface area contributed by atoms with Gasteiger partial charge in [0.1, 0.15) is 0 Å². The van der Waals surface area contributed by atoms with E-state index in [0.29, 0.717) is 12.0 Å². The minimum atomic E-state index is -0.911. The SMILES string of the molecule is O=C(O)c1ccncc1CCc1ccc(Cl)s1. The van der Waals surface area contributed by atoms with Gasteiger partial charge in [0, 0.05) is 17.3 Å². The lowest BCUT2D eigenvalue weighted by Gasteiger charge is -2.03. The quantitative estimate of drug-likeness (QED) is 0.925. The first-order valence-electron chi connectivity index (χ1n) is 5.07. The summed E-state index contributed by atoms with van der Waals surface area (Å²) in [4.78, 5) is 16.1. The number of aryl methyl sites for hydroxylation is 2. The molecule has 0 aliphatic rings. The Kier molecular flexibility index (Phi) is 3.76. The monoisotopic (exact) mass is 267 g/mol. The Balaban J connectivity index is 2.11. The minimum absolute atomic E-state index is 0.322. The summed E-state index contributed by atoms with van der Waals surface area (Å²) in [5, 5.41) is 9.02. The van der Waals surface area contributed by atoms with E-state index in [1.165, 1.54) is 23.6 Å². The standard InChI is InChI=1S/C12H10ClNO2S/c13-11-4-3-9(17-11)2-1-8-7-14-6-5-10(8)12(15)16/h3-7H,1-2H2,(H,15,16). The normalized spacial score (nSPS) is 10.4. The molecule has 0 aliphatic carbocycles. The second-order valence-electron chi connectivity index (χ2n) is 3.54. The van der Waals surface area contributed by atoms with Gasteiger partial charge in [0.05, 0.1) is 9.90 Å². The van der Waals surface area contributed by atoms with Crippen LogP contribution in [0.4, 0.5) is 0 Å². The third-order valence-corrected chi connectivity index (χ3v) is 3.69. The van der Waals surface area contributed by atoms with Crippen molar-refractivity contribution in [2.24, 2.45) is 0 Å². The van der Waals surface area contributed by atoms with Gasteiger partial charge in [0.15, 0.2) is 0 Å². The molecule has 17 heavy (non-hydrogen) atoms. The molecule has 0 bridgehead atoms. The van der Waals surface area contributed by atoms with Crippen LogP contribution in [0.15, 0.2) is 30.6 Å². The van der Waals surface area contributed by atoms with E-state index in [0.717, 1.165) is 21.2 Å². The van der Waals surface area contributed by atoms with Crippen LogP contribution in [0.3, 0.4) is 0 Å². The number of hydrogen-bond acceptors (Lipinski definition) is 3. The molecule has 0 saturated heterocycles. The van der Waals surface area contributed by atoms with Gasteiger partial charge in [-0.05, 0) is 36.6 Å². The van der Waals surface area contributed by atoms with Crippen molar-refractivity contribution in [3.63, 3.8) is 0 Å². The predicted octanol–water partition coefficient (Wildman–Crippen LogP) is 3.28. The molecule has 0 atom stereocenters. The first-order valence-corrected chi connectivity index (χ1v) is 6.26. The maximum absolute atomic E-state index is 11.0. The molecule has 3 nitrogen and oxygen atoms in total. The molecule has 2 aromatic rings. The number of pyridine rings is 1. The van der Waals surface area contributed by atoms with Gasteiger partial charge in [0.2, 0.25) is 0 Å². The number of rotatable bonds is 4. The van der Waals surface area contributed by atoms with Crippen LogP contribution in [0.5, 0.6) is 0 Å². The summed E-state index contributed by atoms with van der Waals surface area (Å²) in [7, 11) is 0. The van der Waals surface area contributed by atoms with Crippen LogP contribution < -0.4 is 0 Å². The van der Waals surface area contributed by atoms with Crippen molar-refractivity contribution in [1.82, 2.24) is 4.98 Å². The van der Waals surface area contributed by atoms with Crippen molar-refractivity contribution in [2.45, 2.75) is 12.8 Å². The van der Waals surface area contributed by atoms with E-state index in [1.54, 1.807) is 6.20 Å². The maximum Gasteiger partial charge on any atom is 0.336 e. The summed E-state index contributed by atoms with van der Waals surface area (Å²) in [5.41, 5.74) is 1.08. The van der Waals surface area contributed by atoms with Crippen LogP contribution in [0.1, 0.15) is 20.8 Å². The molecule has 0 aromatic carbocycles. The fourth-order valence-electron chi connectivity index (χ4n) is 1.58. The van der Waals surface area contributed by atoms with Crippen LogP contribution in [0, 0.1) is 0 Å². The zero-order chi connectivity index (χ0) is 12.3. The number of thiophene rings is 1. The van der Waals surface area contributed by atoms with Crippen LogP contribution in [-0.4, -0.2) is 16.1 Å². The van der Waals surface area contributed by atoms with Crippen molar-refractivity contribution in [2.75, 3.05) is 0 Å². The zero-order valence-corrected chi connectivity index (χ0v) is 10.5. The Morgan fingerprint density at radius 3 is 2.82 bits per heavy atom. The highest BCUT2D eigenvalue weighted by Crippen LogP contribution is 2.23. The molecule has 2 aromatic heterocycles. The highest BCUT2D eigenvalue weighted by atomic mass is 35.5. The van der Waals surface area contributed by atoms with E-state index in [4.69, 9.17) is 16.7 Å². The third kappa shape index (κ3) is 3.05. The lowest BCUT2D eigenvalue weighted by Crippen LogP contribution is -2.03. The number of hydrogen-bond donors (Lipinski definition) is 1. The van der Waals surface area contributed by atoms with E-state index in [9.17, 15) is 4.79 Å². The Morgan fingerprint density at radius 1 is 1.35 bits per heavy atom. The topological polar surface area (TPSA) is 50.2 Å². The lowest BCUT2D eigenvalue weighted by molar-refractivity contribution is 0.0695. The average Bonchev–Trinajstić information content (AvgIpc) is 2.73. The molecule has 0 radical (unpaired) electrons. The Morgan fingerprint density at radius 2 is 2.18 bits per heavy atom. The van der Waals surface area contributed by atoms with Crippen LogP contribution in [0.25, 0.3) is 0 Å². The van der Waals surface area contributed by atoms with E-state index >= 15 is 0 Å². The van der Waals surface area contributed by atoms with E-state index in [-0.39, 0.29) is 0 Å². The number of aromatic carboxylic acids is 1. The summed E-state index contributed by atoms with van der Waals surface area (Å²) >= 11 is 7.35. The highest BCUT2D eigenvalue weighted by molar-refractivity contribution is 7.16. The Hall–Kier alpha value is -1.39. The summed E-state index contributed by atoms with van der Waals surface area (Å²) in [6.45, 7) is 0. The molecule has 88 valence electrons. The summed E-state index contributed by atoms with van der Waals surface area (Å²) < 4.78 is 0.754. The largest absolute Gasteiger partial charge is 0.478 e. The second kappa shape index (κ2) is 5.29. The average molecular weight is 268 g/mol. The van der Waals surface area contributed by atoms with Gasteiger partial charge in [-0.25, -0.2) is 4.79 Å². The molecule has 0 fully saturated rings. The number of aromatic nitrogens is 1. The maximum atomic E-state index is 11.0. The van der Waals surface area contributed by atoms with Gasteiger partial charge in [-0.15, -0.1) is 11.3 Å². The van der Waals surface area contributed by atoms with Gasteiger partial charge in [0.25, 0.3) is 0 Å². The van der Waals surface area contributed by atoms with Crippen molar-refractivity contribution in [3.05, 3.63) is 50.9 Å². The van der Waals surface area contributed by atoms with Gasteiger partial charge in [-0.2, -0.15) is 0 Å². The number of nitrogens with zero attached hydrogens (tertiary/aromatic N) is 1. The van der Waals surface area contributed by atoms with Crippen molar-refractivity contribution in [3.8, 4) is 0 Å². The number of carbonyl (C=O) groups is 1. The molecular formula is C12H10ClNO2S. The molecule has 2 rings (SSSR count). The van der Waals surface area contributed by atoms with Crippen molar-refractivity contribution >= 4 is 28.9 Å². The lowest BCUT2D eigenvalue weighted by atomic mass is 10.1. The smallest absolute Gasteiger partial charge is 0.336 e. The molecule has 0 saturated carbocycles. The van der Waals surface area contributed by atoms with Crippen LogP contribution >= 0.6 is 22.9 Å². The van der Waals surface area contributed by atoms with Gasteiger partial charge in [-0.1, -0.05) is 11.6 Å². The van der Waals surface area contributed by atoms with Crippen LogP contribution in [-0.2, 0) is 12.8 Å². The van der Waals surface area contributed by atoms with Crippen LogP contribution in [0.2, 0.25) is 4.34 Å². The van der Waals surface area contributed by atoms with Gasteiger partial charge in [-0.3, -0.25) is 4.98 Å². The summed E-state index contributed by atoms with van der Waals surface area (Å²) in [6.07, 6.45) is 4.54. The molecule has 2 heterocycles. The third-order valence-electron chi connectivity index (χ3n) is 2.40. The molecule has 0 aliphatic heterocycles. The van der Waals surface area contributed by atoms with E-state index in [1.807, 2.05) is 12.1 Å². The zero-order valence-electron chi connectivity index (χ0n) is 8.89. The first-order chi connectivity index (χ1) is 8.16. The van der Waals surface area contributed by atoms with Crippen molar-refractivity contribution < 1.29 is 9.90 Å². The van der Waals surface area contributed by atoms with Crippen molar-refractivity contribution in [1.29, 1.82) is 0 Å². The minimum Gasteiger partial charge on any atom is -0.478 e. The number of carboxylic acids is 1. The molecular weight excluding hydrogens is 258 g/mol. The number of halogens is 1.